The van der Waals surface area contributed by atoms with Gasteiger partial charge in [-0.3, -0.25) is 0 Å². The van der Waals surface area contributed by atoms with Crippen LogP contribution in [-0.4, -0.2) is 6.19 Å². The summed E-state index contributed by atoms with van der Waals surface area (Å²) in [6.07, 6.45) is 0.120. The minimum atomic E-state index is 0. The summed E-state index contributed by atoms with van der Waals surface area (Å²) in [4.78, 5) is 0. The molecule has 0 heterocycles. The van der Waals surface area contributed by atoms with Gasteiger partial charge in [-0.2, -0.15) is 12.1 Å². The molecule has 148 valence electrons. The molecular formula is C24H30Cl2SiTi. The van der Waals surface area contributed by atoms with E-state index in [0.29, 0.717) is 0 Å². The zero-order valence-corrected chi connectivity index (χ0v) is 21.8. The molecule has 0 aromatic heterocycles. The van der Waals surface area contributed by atoms with Gasteiger partial charge in [0.15, 0.2) is 0 Å². The van der Waals surface area contributed by atoms with Gasteiger partial charge in [0.05, 0.1) is 0 Å². The van der Waals surface area contributed by atoms with Crippen molar-refractivity contribution in [3.05, 3.63) is 82.9 Å². The molecule has 0 fully saturated rings. The van der Waals surface area contributed by atoms with Crippen molar-refractivity contribution in [1.82, 2.24) is 0 Å². The van der Waals surface area contributed by atoms with Crippen LogP contribution in [0, 0.1) is 27.7 Å². The zero-order chi connectivity index (χ0) is 19.3. The van der Waals surface area contributed by atoms with Gasteiger partial charge in [-0.05, 0) is 13.8 Å². The molecule has 0 aliphatic carbocycles. The number of hydrogen-bond acceptors (Lipinski definition) is 0. The van der Waals surface area contributed by atoms with Crippen molar-refractivity contribution in [3.63, 3.8) is 0 Å². The molecule has 0 amide bonds. The van der Waals surface area contributed by atoms with Crippen LogP contribution < -0.4 is 0 Å². The van der Waals surface area contributed by atoms with Crippen LogP contribution in [0.3, 0.4) is 0 Å². The normalized spacial score (nSPS) is 9.43. The number of aryl methyl sites for hydroxylation is 4. The number of rotatable bonds is 0. The fourth-order valence-corrected chi connectivity index (χ4v) is 3.08. The summed E-state index contributed by atoms with van der Waals surface area (Å²) in [6.45, 7) is 13.1. The third kappa shape index (κ3) is 7.89. The molecule has 0 spiro atoms. The minimum absolute atomic E-state index is 0. The third-order valence-electron chi connectivity index (χ3n) is 4.23. The van der Waals surface area contributed by atoms with Crippen molar-refractivity contribution in [3.8, 4) is 0 Å². The predicted molar refractivity (Wildman–Crippen MR) is 130 cm³/mol. The van der Waals surface area contributed by atoms with E-state index in [1.807, 2.05) is 0 Å². The maximum atomic E-state index is 2.27. The Morgan fingerprint density at radius 1 is 0.679 bits per heavy atom. The van der Waals surface area contributed by atoms with Gasteiger partial charge < -0.3 is 0 Å². The first-order valence-corrected chi connectivity index (χ1v) is 13.9. The first-order chi connectivity index (χ1) is 12.3. The molecule has 0 saturated heterocycles. The second-order valence-corrected chi connectivity index (χ2v) is 13.9. The van der Waals surface area contributed by atoms with Crippen LogP contribution in [0.25, 0.3) is 21.5 Å². The van der Waals surface area contributed by atoms with E-state index in [0.717, 1.165) is 0 Å². The molecule has 0 aliphatic heterocycles. The number of fused-ring (bicyclic) bond motifs is 2. The summed E-state index contributed by atoms with van der Waals surface area (Å²) in [5.41, 5.74) is 5.45. The molecule has 0 unspecified atom stereocenters. The van der Waals surface area contributed by atoms with E-state index in [9.17, 15) is 0 Å². The van der Waals surface area contributed by atoms with Crippen LogP contribution >= 0.6 is 24.8 Å². The topological polar surface area (TPSA) is 0 Å². The molecule has 4 aromatic carbocycles. The van der Waals surface area contributed by atoms with Gasteiger partial charge in [0, 0.05) is 0 Å². The van der Waals surface area contributed by atoms with Crippen molar-refractivity contribution >= 4 is 52.5 Å². The second kappa shape index (κ2) is 12.7. The predicted octanol–water partition coefficient (Wildman–Crippen LogP) is 7.98. The van der Waals surface area contributed by atoms with Gasteiger partial charge in [-0.1, -0.05) is 37.1 Å². The molecule has 28 heavy (non-hydrogen) atoms. The maximum Gasteiger partial charge on any atom is -0.0488 e. The van der Waals surface area contributed by atoms with Crippen molar-refractivity contribution in [2.45, 2.75) is 40.8 Å². The smallest absolute Gasteiger partial charge is 0.0488 e. The maximum absolute atomic E-state index is 2.27. The zero-order valence-electron chi connectivity index (χ0n) is 17.6. The molecule has 4 rings (SSSR count). The first-order valence-electron chi connectivity index (χ1n) is 9.05. The summed E-state index contributed by atoms with van der Waals surface area (Å²) >= 11 is 2.27. The number of hydrogen-bond donors (Lipinski definition) is 0. The Kier molecular flexibility index (Phi) is 12.3. The molecule has 0 nitrogen and oxygen atoms in total. The fourth-order valence-electron chi connectivity index (χ4n) is 3.08. The van der Waals surface area contributed by atoms with Crippen LogP contribution in [0.15, 0.2) is 60.7 Å². The van der Waals surface area contributed by atoms with Gasteiger partial charge in [0.25, 0.3) is 0 Å². The summed E-state index contributed by atoms with van der Waals surface area (Å²) in [6, 6.07) is 21.8. The van der Waals surface area contributed by atoms with Crippen molar-refractivity contribution in [2.75, 3.05) is 0 Å². The standard InChI is InChI=1S/2C11H11.C2H6Si.2ClH.Ti/c2*1-8-6-10-5-3-4-9(2)11(10)7-8;1-3-2;;;/h2*3-7H,1-2H3;1-2H3;2*1H;/q2*-1;;;;+2. The second-order valence-electron chi connectivity index (χ2n) is 7.22. The summed E-state index contributed by atoms with van der Waals surface area (Å²) in [5, 5.41) is 5.51. The van der Waals surface area contributed by atoms with Crippen LogP contribution in [0.5, 0.6) is 0 Å². The van der Waals surface area contributed by atoms with Crippen molar-refractivity contribution in [1.29, 1.82) is 0 Å². The summed E-state index contributed by atoms with van der Waals surface area (Å²) in [5.74, 6) is 0. The van der Waals surface area contributed by atoms with Gasteiger partial charge in [-0.25, -0.2) is 0 Å². The molecule has 0 radical (unpaired) electrons. The molecule has 0 atom stereocenters. The van der Waals surface area contributed by atoms with Gasteiger partial charge in [-0.15, -0.1) is 93.9 Å². The van der Waals surface area contributed by atoms with Crippen LogP contribution in [0.1, 0.15) is 22.3 Å². The van der Waals surface area contributed by atoms with E-state index in [-0.39, 0.29) is 31.0 Å². The van der Waals surface area contributed by atoms with E-state index < -0.39 is 0 Å². The van der Waals surface area contributed by atoms with Crippen molar-refractivity contribution < 1.29 is 19.2 Å². The fraction of sp³-hybridized carbons (Fsp3) is 0.250. The van der Waals surface area contributed by atoms with E-state index in [2.05, 4.69) is 121 Å². The largest absolute Gasteiger partial charge is 0.165 e. The Morgan fingerprint density at radius 2 is 1.00 bits per heavy atom. The van der Waals surface area contributed by atoms with Gasteiger partial charge in [0.2, 0.25) is 0 Å². The Bertz CT molecular complexity index is 946. The molecular weight excluding hydrogens is 435 g/mol. The Hall–Kier alpha value is -0.829. The van der Waals surface area contributed by atoms with Crippen LogP contribution in [0.4, 0.5) is 0 Å². The quantitative estimate of drug-likeness (QED) is 0.182. The summed E-state index contributed by atoms with van der Waals surface area (Å²) < 4.78 is 0. The van der Waals surface area contributed by atoms with Crippen LogP contribution in [0.2, 0.25) is 13.1 Å². The van der Waals surface area contributed by atoms with E-state index in [1.54, 1.807) is 0 Å². The molecule has 4 heteroatoms. The van der Waals surface area contributed by atoms with Crippen LogP contribution in [-0.2, 0) is 19.2 Å². The molecule has 4 aromatic rings. The Morgan fingerprint density at radius 3 is 1.29 bits per heavy atom. The average molecular weight is 465 g/mol. The molecule has 0 N–H and O–H groups in total. The Labute approximate surface area is 194 Å². The van der Waals surface area contributed by atoms with Crippen molar-refractivity contribution in [2.24, 2.45) is 0 Å². The number of halogens is 2. The summed E-state index contributed by atoms with van der Waals surface area (Å²) in [7, 11) is 0. The number of benzene rings is 2. The third-order valence-corrected chi connectivity index (χ3v) is 4.23. The van der Waals surface area contributed by atoms with E-state index >= 15 is 0 Å². The van der Waals surface area contributed by atoms with E-state index in [4.69, 9.17) is 0 Å². The molecule has 0 bridgehead atoms. The minimum Gasteiger partial charge on any atom is -0.165 e. The van der Waals surface area contributed by atoms with Gasteiger partial charge in [0.1, 0.15) is 0 Å². The van der Waals surface area contributed by atoms with E-state index in [1.165, 1.54) is 43.8 Å². The molecule has 0 saturated carbocycles. The SMILES string of the molecule is C[Si](C)=[Ti+2].Cc1cc2c(C)cccc2[cH-]1.Cc1cc2c(C)cccc2[cH-]1.Cl.Cl. The Balaban J connectivity index is 0.000000415. The van der Waals surface area contributed by atoms with Gasteiger partial charge >= 0.3 is 38.5 Å². The average Bonchev–Trinajstić information content (AvgIpc) is 3.11. The monoisotopic (exact) mass is 464 g/mol. The molecule has 0 aliphatic rings. The first kappa shape index (κ1) is 27.2.